The van der Waals surface area contributed by atoms with Crippen LogP contribution in [0.25, 0.3) is 0 Å². The predicted octanol–water partition coefficient (Wildman–Crippen LogP) is 2.41. The summed E-state index contributed by atoms with van der Waals surface area (Å²) in [6, 6.07) is 0.774. The normalized spacial score (nSPS) is 36.2. The average molecular weight is 211 g/mol. The molecule has 2 rings (SSSR count). The molecule has 88 valence electrons. The van der Waals surface area contributed by atoms with Gasteiger partial charge in [-0.25, -0.2) is 0 Å². The van der Waals surface area contributed by atoms with E-state index in [0.29, 0.717) is 0 Å². The molecule has 0 spiro atoms. The summed E-state index contributed by atoms with van der Waals surface area (Å²) in [5.74, 6) is 0.889. The Morgan fingerprint density at radius 2 is 1.87 bits per heavy atom. The summed E-state index contributed by atoms with van der Waals surface area (Å²) in [4.78, 5) is 2.52. The van der Waals surface area contributed by atoms with Crippen molar-refractivity contribution in [3.63, 3.8) is 0 Å². The largest absolute Gasteiger partial charge is 0.387 e. The molecular weight excluding hydrogens is 186 g/mol. The first-order valence-electron chi connectivity index (χ1n) is 6.65. The van der Waals surface area contributed by atoms with E-state index in [0.717, 1.165) is 31.5 Å². The Hall–Kier alpha value is -0.0800. The third-order valence-corrected chi connectivity index (χ3v) is 4.52. The number of hydrogen-bond donors (Lipinski definition) is 1. The van der Waals surface area contributed by atoms with Crippen LogP contribution in [0.1, 0.15) is 52.4 Å². The fourth-order valence-corrected chi connectivity index (χ4v) is 3.31. The van der Waals surface area contributed by atoms with Crippen LogP contribution in [0.3, 0.4) is 0 Å². The van der Waals surface area contributed by atoms with Crippen molar-refractivity contribution in [2.45, 2.75) is 64.0 Å². The molecular formula is C13H25NO. The number of likely N-dealkylation sites (tertiary alicyclic amines) is 1. The van der Waals surface area contributed by atoms with Crippen molar-refractivity contribution < 1.29 is 5.11 Å². The highest BCUT2D eigenvalue weighted by molar-refractivity contribution is 4.99. The molecule has 0 radical (unpaired) electrons. The molecule has 1 heterocycles. The Morgan fingerprint density at radius 3 is 2.47 bits per heavy atom. The van der Waals surface area contributed by atoms with Crippen LogP contribution < -0.4 is 0 Å². The third kappa shape index (κ3) is 2.21. The fraction of sp³-hybridized carbons (Fsp3) is 1.00. The summed E-state index contributed by atoms with van der Waals surface area (Å²) < 4.78 is 0. The summed E-state index contributed by atoms with van der Waals surface area (Å²) in [5.41, 5.74) is -0.351. The van der Waals surface area contributed by atoms with Crippen LogP contribution in [0.4, 0.5) is 0 Å². The van der Waals surface area contributed by atoms with Crippen molar-refractivity contribution in [3.8, 4) is 0 Å². The minimum atomic E-state index is -0.351. The summed E-state index contributed by atoms with van der Waals surface area (Å²) >= 11 is 0. The first kappa shape index (κ1) is 11.4. The lowest BCUT2D eigenvalue weighted by Crippen LogP contribution is -2.65. The number of nitrogens with zero attached hydrogens (tertiary/aromatic N) is 1. The smallest absolute Gasteiger partial charge is 0.0897 e. The van der Waals surface area contributed by atoms with Crippen molar-refractivity contribution >= 4 is 0 Å². The molecule has 2 atom stereocenters. The van der Waals surface area contributed by atoms with Gasteiger partial charge in [0, 0.05) is 19.1 Å². The standard InChI is InChI=1S/C13H25NO/c1-3-11-7-5-6-8-12(11)14-9-13(15,4-2)10-14/h11-12,15H,3-10H2,1-2H3. The second kappa shape index (κ2) is 4.42. The van der Waals surface area contributed by atoms with E-state index in [4.69, 9.17) is 0 Å². The van der Waals surface area contributed by atoms with E-state index < -0.39 is 0 Å². The molecule has 1 aliphatic carbocycles. The van der Waals surface area contributed by atoms with Gasteiger partial charge < -0.3 is 5.11 Å². The lowest BCUT2D eigenvalue weighted by atomic mass is 9.78. The van der Waals surface area contributed by atoms with Crippen LogP contribution in [0.2, 0.25) is 0 Å². The minimum absolute atomic E-state index is 0.351. The Bertz CT molecular complexity index is 211. The number of β-amino-alcohol motifs (C(OH)–C–C–N with tert-alkyl or cyclic N) is 1. The molecule has 0 amide bonds. The molecule has 15 heavy (non-hydrogen) atoms. The van der Waals surface area contributed by atoms with Gasteiger partial charge in [0.25, 0.3) is 0 Å². The molecule has 1 saturated carbocycles. The van der Waals surface area contributed by atoms with E-state index in [9.17, 15) is 5.11 Å². The van der Waals surface area contributed by atoms with Gasteiger partial charge in [-0.05, 0) is 25.2 Å². The van der Waals surface area contributed by atoms with Gasteiger partial charge in [-0.3, -0.25) is 4.90 Å². The van der Waals surface area contributed by atoms with E-state index in [-0.39, 0.29) is 5.60 Å². The van der Waals surface area contributed by atoms with Crippen LogP contribution in [-0.4, -0.2) is 34.7 Å². The van der Waals surface area contributed by atoms with Gasteiger partial charge in [-0.1, -0.05) is 33.1 Å². The van der Waals surface area contributed by atoms with Gasteiger partial charge >= 0.3 is 0 Å². The van der Waals surface area contributed by atoms with E-state index in [1.807, 2.05) is 0 Å². The molecule has 0 bridgehead atoms. The van der Waals surface area contributed by atoms with Gasteiger partial charge in [0.05, 0.1) is 5.60 Å². The van der Waals surface area contributed by atoms with E-state index in [1.54, 1.807) is 0 Å². The molecule has 0 aromatic heterocycles. The van der Waals surface area contributed by atoms with Gasteiger partial charge in [0.15, 0.2) is 0 Å². The van der Waals surface area contributed by atoms with Crippen molar-refractivity contribution in [3.05, 3.63) is 0 Å². The fourth-order valence-electron chi connectivity index (χ4n) is 3.31. The highest BCUT2D eigenvalue weighted by atomic mass is 16.3. The molecule has 0 aromatic carbocycles. The van der Waals surface area contributed by atoms with E-state index in [2.05, 4.69) is 18.7 Å². The first-order chi connectivity index (χ1) is 7.18. The average Bonchev–Trinajstić information content (AvgIpc) is 2.25. The van der Waals surface area contributed by atoms with Gasteiger partial charge in [0.1, 0.15) is 0 Å². The molecule has 2 unspecified atom stereocenters. The van der Waals surface area contributed by atoms with Crippen LogP contribution in [0.15, 0.2) is 0 Å². The molecule has 2 fully saturated rings. The Balaban J connectivity index is 1.88. The molecule has 2 nitrogen and oxygen atoms in total. The topological polar surface area (TPSA) is 23.5 Å². The Morgan fingerprint density at radius 1 is 1.20 bits per heavy atom. The quantitative estimate of drug-likeness (QED) is 0.775. The van der Waals surface area contributed by atoms with Gasteiger partial charge in [-0.15, -0.1) is 0 Å². The molecule has 2 heteroatoms. The van der Waals surface area contributed by atoms with Gasteiger partial charge in [-0.2, -0.15) is 0 Å². The van der Waals surface area contributed by atoms with Crippen LogP contribution in [0.5, 0.6) is 0 Å². The zero-order chi connectivity index (χ0) is 10.9. The Labute approximate surface area is 93.7 Å². The van der Waals surface area contributed by atoms with Crippen LogP contribution in [-0.2, 0) is 0 Å². The second-order valence-corrected chi connectivity index (χ2v) is 5.50. The van der Waals surface area contributed by atoms with Crippen molar-refractivity contribution in [1.29, 1.82) is 0 Å². The highest BCUT2D eigenvalue weighted by Crippen LogP contribution is 2.36. The molecule has 0 aromatic rings. The van der Waals surface area contributed by atoms with Crippen molar-refractivity contribution in [2.75, 3.05) is 13.1 Å². The maximum Gasteiger partial charge on any atom is 0.0897 e. The highest BCUT2D eigenvalue weighted by Gasteiger charge is 2.44. The monoisotopic (exact) mass is 211 g/mol. The summed E-state index contributed by atoms with van der Waals surface area (Å²) in [5, 5.41) is 10.0. The lowest BCUT2D eigenvalue weighted by molar-refractivity contribution is -0.130. The zero-order valence-electron chi connectivity index (χ0n) is 10.2. The molecule has 1 aliphatic heterocycles. The maximum atomic E-state index is 10.0. The number of aliphatic hydroxyl groups is 1. The minimum Gasteiger partial charge on any atom is -0.387 e. The SMILES string of the molecule is CCC1CCCCC1N1CC(O)(CC)C1. The first-order valence-corrected chi connectivity index (χ1v) is 6.65. The molecule has 1 N–H and O–H groups in total. The lowest BCUT2D eigenvalue weighted by Gasteiger charge is -2.53. The second-order valence-electron chi connectivity index (χ2n) is 5.50. The van der Waals surface area contributed by atoms with E-state index in [1.165, 1.54) is 32.1 Å². The Kier molecular flexibility index (Phi) is 3.36. The van der Waals surface area contributed by atoms with Gasteiger partial charge in [0.2, 0.25) is 0 Å². The summed E-state index contributed by atoms with van der Waals surface area (Å²) in [7, 11) is 0. The van der Waals surface area contributed by atoms with E-state index >= 15 is 0 Å². The van der Waals surface area contributed by atoms with Crippen LogP contribution in [0, 0.1) is 5.92 Å². The van der Waals surface area contributed by atoms with Crippen LogP contribution >= 0.6 is 0 Å². The summed E-state index contributed by atoms with van der Waals surface area (Å²) in [6.07, 6.45) is 7.79. The molecule has 2 aliphatic rings. The zero-order valence-corrected chi connectivity index (χ0v) is 10.2. The third-order valence-electron chi connectivity index (χ3n) is 4.52. The van der Waals surface area contributed by atoms with Crippen molar-refractivity contribution in [2.24, 2.45) is 5.92 Å². The maximum absolute atomic E-state index is 10.0. The molecule has 1 saturated heterocycles. The van der Waals surface area contributed by atoms with Crippen molar-refractivity contribution in [1.82, 2.24) is 4.90 Å². The number of rotatable bonds is 3. The predicted molar refractivity (Wildman–Crippen MR) is 62.9 cm³/mol. The summed E-state index contributed by atoms with van der Waals surface area (Å²) in [6.45, 7) is 6.25. The number of hydrogen-bond acceptors (Lipinski definition) is 2.